The molecule has 174 valence electrons. The zero-order valence-corrected chi connectivity index (χ0v) is 18.3. The molecule has 2 N–H and O–H groups in total. The monoisotopic (exact) mass is 442 g/mol. The van der Waals surface area contributed by atoms with Gasteiger partial charge in [0.1, 0.15) is 5.75 Å². The van der Waals surface area contributed by atoms with Gasteiger partial charge in [-0.05, 0) is 44.2 Å². The summed E-state index contributed by atoms with van der Waals surface area (Å²) in [6.45, 7) is 6.52. The van der Waals surface area contributed by atoms with Gasteiger partial charge in [-0.25, -0.2) is 0 Å². The minimum absolute atomic E-state index is 0.0231. The summed E-state index contributed by atoms with van der Waals surface area (Å²) in [5, 5.41) is 6.92. The molecule has 1 saturated carbocycles. The average molecular weight is 443 g/mol. The second-order valence-corrected chi connectivity index (χ2v) is 8.11. The molecule has 31 heavy (non-hydrogen) atoms. The van der Waals surface area contributed by atoms with Crippen molar-refractivity contribution in [3.8, 4) is 5.75 Å². The molecule has 1 saturated heterocycles. The van der Waals surface area contributed by atoms with Gasteiger partial charge in [0.15, 0.2) is 5.96 Å². The zero-order chi connectivity index (χ0) is 22.3. The van der Waals surface area contributed by atoms with E-state index in [0.29, 0.717) is 18.2 Å². The van der Waals surface area contributed by atoms with Crippen LogP contribution in [0, 0.1) is 0 Å². The number of para-hydroxylation sites is 1. The van der Waals surface area contributed by atoms with Crippen LogP contribution in [-0.2, 0) is 4.74 Å². The lowest BCUT2D eigenvalue weighted by Crippen LogP contribution is -2.49. The van der Waals surface area contributed by atoms with Crippen LogP contribution >= 0.6 is 0 Å². The number of hydrogen-bond donors (Lipinski definition) is 2. The first kappa shape index (κ1) is 23.7. The largest absolute Gasteiger partial charge is 0.573 e. The predicted octanol–water partition coefficient (Wildman–Crippen LogP) is 3.50. The number of methoxy groups -OCH3 is 1. The molecule has 1 aromatic carbocycles. The number of rotatable bonds is 9. The maximum atomic E-state index is 12.7. The van der Waals surface area contributed by atoms with Gasteiger partial charge in [0, 0.05) is 57.9 Å². The van der Waals surface area contributed by atoms with E-state index >= 15 is 0 Å². The van der Waals surface area contributed by atoms with Crippen molar-refractivity contribution < 1.29 is 22.6 Å². The van der Waals surface area contributed by atoms with Crippen LogP contribution in [0.4, 0.5) is 13.2 Å². The molecule has 1 aliphatic carbocycles. The van der Waals surface area contributed by atoms with Crippen LogP contribution in [0.25, 0.3) is 0 Å². The van der Waals surface area contributed by atoms with Crippen LogP contribution in [0.5, 0.6) is 5.75 Å². The molecule has 0 amide bonds. The summed E-state index contributed by atoms with van der Waals surface area (Å²) in [6.07, 6.45) is -0.827. The van der Waals surface area contributed by atoms with E-state index in [1.54, 1.807) is 25.3 Å². The third-order valence-corrected chi connectivity index (χ3v) is 5.72. The first-order valence-corrected chi connectivity index (χ1v) is 11.0. The van der Waals surface area contributed by atoms with Crippen molar-refractivity contribution in [2.24, 2.45) is 4.99 Å². The van der Waals surface area contributed by atoms with Crippen molar-refractivity contribution in [3.05, 3.63) is 29.8 Å². The Morgan fingerprint density at radius 3 is 2.61 bits per heavy atom. The van der Waals surface area contributed by atoms with Gasteiger partial charge in [0.25, 0.3) is 0 Å². The highest BCUT2D eigenvalue weighted by molar-refractivity contribution is 5.81. The van der Waals surface area contributed by atoms with Gasteiger partial charge in [-0.15, -0.1) is 13.2 Å². The van der Waals surface area contributed by atoms with Crippen molar-refractivity contribution in [3.63, 3.8) is 0 Å². The van der Waals surface area contributed by atoms with E-state index in [-0.39, 0.29) is 17.7 Å². The molecule has 6 nitrogen and oxygen atoms in total. The normalized spacial score (nSPS) is 22.9. The first-order chi connectivity index (χ1) is 14.9. The number of alkyl halides is 3. The third kappa shape index (κ3) is 7.57. The summed E-state index contributed by atoms with van der Waals surface area (Å²) in [6, 6.07) is 6.77. The molecule has 2 unspecified atom stereocenters. The topological polar surface area (TPSA) is 58.1 Å². The van der Waals surface area contributed by atoms with Crippen LogP contribution in [-0.4, -0.2) is 69.2 Å². The van der Waals surface area contributed by atoms with E-state index in [9.17, 15) is 13.2 Å². The Hall–Kier alpha value is -2.00. The number of nitrogens with zero attached hydrogens (tertiary/aromatic N) is 2. The summed E-state index contributed by atoms with van der Waals surface area (Å²) in [5.74, 6) is 0.596. The number of halogens is 3. The molecule has 3 rings (SSSR count). The minimum atomic E-state index is -4.69. The summed E-state index contributed by atoms with van der Waals surface area (Å²) in [5.41, 5.74) is 0.581. The fourth-order valence-electron chi connectivity index (χ4n) is 4.10. The molecule has 1 aromatic rings. The van der Waals surface area contributed by atoms with Crippen LogP contribution in [0.15, 0.2) is 29.3 Å². The molecule has 2 fully saturated rings. The van der Waals surface area contributed by atoms with Crippen LogP contribution < -0.4 is 15.4 Å². The van der Waals surface area contributed by atoms with Gasteiger partial charge >= 0.3 is 6.36 Å². The second kappa shape index (κ2) is 11.0. The Labute approximate surface area is 182 Å². The van der Waals surface area contributed by atoms with Crippen molar-refractivity contribution in [1.82, 2.24) is 15.5 Å². The number of guanidine groups is 1. The van der Waals surface area contributed by atoms with Gasteiger partial charge in [-0.3, -0.25) is 4.99 Å². The van der Waals surface area contributed by atoms with Gasteiger partial charge in [-0.1, -0.05) is 18.2 Å². The fourth-order valence-corrected chi connectivity index (χ4v) is 4.10. The minimum Gasteiger partial charge on any atom is -0.405 e. The van der Waals surface area contributed by atoms with Crippen molar-refractivity contribution in [2.45, 2.75) is 57.0 Å². The van der Waals surface area contributed by atoms with Crippen LogP contribution in [0.2, 0.25) is 0 Å². The lowest BCUT2D eigenvalue weighted by molar-refractivity contribution is -0.274. The van der Waals surface area contributed by atoms with Gasteiger partial charge in [0.05, 0.1) is 0 Å². The molecule has 2 aliphatic rings. The number of benzene rings is 1. The molecular formula is C22H33F3N4O2. The van der Waals surface area contributed by atoms with Gasteiger partial charge in [-0.2, -0.15) is 0 Å². The van der Waals surface area contributed by atoms with Crippen molar-refractivity contribution >= 4 is 5.96 Å². The Morgan fingerprint density at radius 1 is 1.19 bits per heavy atom. The van der Waals surface area contributed by atoms with E-state index in [1.807, 2.05) is 6.92 Å². The summed E-state index contributed by atoms with van der Waals surface area (Å²) in [7, 11) is 1.73. The Morgan fingerprint density at radius 2 is 1.94 bits per heavy atom. The maximum Gasteiger partial charge on any atom is 0.573 e. The highest BCUT2D eigenvalue weighted by atomic mass is 19.4. The molecule has 0 aromatic heterocycles. The SMILES string of the molecule is CCN=C(NC1CCN(CCCOC)CC1)NC1CC1c1ccccc1OC(F)(F)F. The standard InChI is InChI=1S/C22H33F3N4O2/c1-3-26-21(27-16-9-12-29(13-10-16)11-6-14-30-2)28-19-15-18(19)17-7-4-5-8-20(17)31-22(23,24)25/h4-5,7-8,16,18-19H,3,6,9-15H2,1-2H3,(H2,26,27,28). The number of likely N-dealkylation sites (tertiary alicyclic amines) is 1. The molecule has 1 heterocycles. The smallest absolute Gasteiger partial charge is 0.405 e. The van der Waals surface area contributed by atoms with E-state index in [4.69, 9.17) is 4.74 Å². The Kier molecular flexibility index (Phi) is 8.43. The number of nitrogens with one attached hydrogen (secondary N) is 2. The van der Waals surface area contributed by atoms with E-state index in [0.717, 1.165) is 57.9 Å². The van der Waals surface area contributed by atoms with Gasteiger partial charge in [0.2, 0.25) is 0 Å². The Bertz CT molecular complexity index is 721. The molecule has 2 atom stereocenters. The molecule has 0 bridgehead atoms. The zero-order valence-electron chi connectivity index (χ0n) is 18.3. The number of piperidine rings is 1. The molecule has 0 spiro atoms. The lowest BCUT2D eigenvalue weighted by atomic mass is 10.1. The van der Waals surface area contributed by atoms with Crippen molar-refractivity contribution in [1.29, 1.82) is 0 Å². The third-order valence-electron chi connectivity index (χ3n) is 5.72. The lowest BCUT2D eigenvalue weighted by Gasteiger charge is -2.33. The van der Waals surface area contributed by atoms with Crippen LogP contribution in [0.3, 0.4) is 0 Å². The highest BCUT2D eigenvalue weighted by Gasteiger charge is 2.42. The molecule has 9 heteroatoms. The summed E-state index contributed by atoms with van der Waals surface area (Å²) >= 11 is 0. The van der Waals surface area contributed by atoms with Gasteiger partial charge < -0.3 is 25.0 Å². The second-order valence-electron chi connectivity index (χ2n) is 8.11. The average Bonchev–Trinajstić information content (AvgIpc) is 3.48. The fraction of sp³-hybridized carbons (Fsp3) is 0.682. The predicted molar refractivity (Wildman–Crippen MR) is 114 cm³/mol. The quantitative estimate of drug-likeness (QED) is 0.348. The molecule has 0 radical (unpaired) electrons. The number of ether oxygens (including phenoxy) is 2. The number of aliphatic imine (C=N–C) groups is 1. The van der Waals surface area contributed by atoms with Crippen LogP contribution in [0.1, 0.15) is 44.1 Å². The van der Waals surface area contributed by atoms with E-state index in [2.05, 4.69) is 25.3 Å². The highest BCUT2D eigenvalue weighted by Crippen LogP contribution is 2.45. The first-order valence-electron chi connectivity index (χ1n) is 11.0. The number of hydrogen-bond acceptors (Lipinski definition) is 4. The van der Waals surface area contributed by atoms with Crippen molar-refractivity contribution in [2.75, 3.05) is 39.9 Å². The molecular weight excluding hydrogens is 409 g/mol. The Balaban J connectivity index is 1.50. The summed E-state index contributed by atoms with van der Waals surface area (Å²) in [4.78, 5) is 7.00. The van der Waals surface area contributed by atoms with E-state index in [1.165, 1.54) is 6.07 Å². The summed E-state index contributed by atoms with van der Waals surface area (Å²) < 4.78 is 47.5. The maximum absolute atomic E-state index is 12.7. The van der Waals surface area contributed by atoms with E-state index < -0.39 is 6.36 Å². The molecule has 1 aliphatic heterocycles.